The number of methoxy groups -OCH3 is 2. The maximum absolute atomic E-state index is 14.4. The minimum atomic E-state index is -3.92. The molecule has 1 saturated carbocycles. The van der Waals surface area contributed by atoms with Crippen LogP contribution in [0.2, 0.25) is 0 Å². The van der Waals surface area contributed by atoms with E-state index < -0.39 is 58.4 Å². The molecule has 4 amide bonds. The number of hydrogen-bond donors (Lipinski definition) is 4. The number of sulfonamides is 1. The molecule has 16 heteroatoms. The summed E-state index contributed by atoms with van der Waals surface area (Å²) in [4.78, 5) is 61.9. The Bertz CT molecular complexity index is 1970. The Hall–Kier alpha value is -3.93. The first kappa shape index (κ1) is 53.7. The van der Waals surface area contributed by atoms with Crippen molar-refractivity contribution in [3.8, 4) is 0 Å². The summed E-state index contributed by atoms with van der Waals surface area (Å²) in [6.07, 6.45) is 2.78. The SMILES string of the molecule is CC[C@H](C)[C@@H]([C@@H](CC(=O)N1CCC[C@H]1[C@H](OC)[C@@H](C)C(=O)N[C@H](CNS(=O)(=O)c1ccc(C2(N)CC2)cc1)Cc1ccccc1)OC)N(C)C(=O)[C@@H](NC(=O)[C@H](C(C)C)N(C)C)C(C)C. The van der Waals surface area contributed by atoms with Gasteiger partial charge in [0.25, 0.3) is 0 Å². The van der Waals surface area contributed by atoms with Crippen molar-refractivity contribution in [2.45, 2.75) is 146 Å². The third kappa shape index (κ3) is 13.8. The van der Waals surface area contributed by atoms with E-state index >= 15 is 0 Å². The third-order valence-corrected chi connectivity index (χ3v) is 15.1. The zero-order chi connectivity index (χ0) is 48.4. The average Bonchev–Trinajstić information content (AvgIpc) is 3.84. The molecule has 0 radical (unpaired) electrons. The third-order valence-electron chi connectivity index (χ3n) is 13.7. The number of nitrogens with one attached hydrogen (secondary N) is 3. The van der Waals surface area contributed by atoms with Gasteiger partial charge in [-0.2, -0.15) is 0 Å². The highest BCUT2D eigenvalue weighted by Crippen LogP contribution is 2.42. The fourth-order valence-corrected chi connectivity index (χ4v) is 10.6. The molecular weight excluding hydrogens is 847 g/mol. The maximum Gasteiger partial charge on any atom is 0.245 e. The molecule has 0 aromatic heterocycles. The minimum absolute atomic E-state index is 0.0134. The minimum Gasteiger partial charge on any atom is -0.379 e. The normalized spacial score (nSPS) is 19.8. The van der Waals surface area contributed by atoms with E-state index in [0.717, 1.165) is 24.0 Å². The Morgan fingerprint density at radius 1 is 0.877 bits per heavy atom. The number of amides is 4. The first-order chi connectivity index (χ1) is 30.6. The summed E-state index contributed by atoms with van der Waals surface area (Å²) in [7, 11) is 4.60. The second-order valence-electron chi connectivity index (χ2n) is 19.4. The molecular formula is C49H79N7O8S. The van der Waals surface area contributed by atoms with Crippen LogP contribution in [0.15, 0.2) is 59.5 Å². The second kappa shape index (κ2) is 23.7. The Morgan fingerprint density at radius 2 is 1.51 bits per heavy atom. The molecule has 0 bridgehead atoms. The molecule has 15 nitrogen and oxygen atoms in total. The van der Waals surface area contributed by atoms with Gasteiger partial charge in [-0.1, -0.05) is 97.4 Å². The summed E-state index contributed by atoms with van der Waals surface area (Å²) in [6.45, 7) is 14.0. The van der Waals surface area contributed by atoms with Crippen LogP contribution in [0.1, 0.15) is 98.1 Å². The van der Waals surface area contributed by atoms with Gasteiger partial charge < -0.3 is 35.6 Å². The van der Waals surface area contributed by atoms with Crippen molar-refractivity contribution in [2.75, 3.05) is 48.5 Å². The van der Waals surface area contributed by atoms with Crippen LogP contribution in [0.25, 0.3) is 0 Å². The van der Waals surface area contributed by atoms with E-state index in [1.807, 2.05) is 90.9 Å². The molecule has 364 valence electrons. The van der Waals surface area contributed by atoms with Gasteiger partial charge in [0.15, 0.2) is 0 Å². The summed E-state index contributed by atoms with van der Waals surface area (Å²) < 4.78 is 41.8. The van der Waals surface area contributed by atoms with E-state index in [0.29, 0.717) is 32.2 Å². The standard InChI is InChI=1S/C49H79N7O8S/c1-13-33(6)44(55(10)48(60)42(31(2)3)53-47(59)43(32(4)5)54(8)9)40(63-11)29-41(57)56-27-17-20-39(56)45(64-12)34(7)46(58)52-37(28-35-18-15-14-16-19-35)30-51-65(61,62)38-23-21-36(22-24-38)49(50)25-26-49/h14-16,18-19,21-24,31-34,37,39-40,42-45,51H,13,17,20,25-30,50H2,1-12H3,(H,52,58)(H,53,59)/t33-,34+,37-,39-,40+,42-,43-,44-,45+/m0/s1. The molecule has 5 N–H and O–H groups in total. The lowest BCUT2D eigenvalue weighted by atomic mass is 9.89. The lowest BCUT2D eigenvalue weighted by Gasteiger charge is -2.41. The van der Waals surface area contributed by atoms with E-state index in [-0.39, 0.29) is 64.8 Å². The van der Waals surface area contributed by atoms with Crippen LogP contribution < -0.4 is 21.1 Å². The molecule has 65 heavy (non-hydrogen) atoms. The van der Waals surface area contributed by atoms with Crippen LogP contribution in [0.4, 0.5) is 0 Å². The lowest BCUT2D eigenvalue weighted by molar-refractivity contribution is -0.148. The van der Waals surface area contributed by atoms with Gasteiger partial charge in [-0.25, -0.2) is 13.1 Å². The number of carbonyl (C=O) groups is 4. The molecule has 2 aromatic rings. The average molecular weight is 926 g/mol. The van der Waals surface area contributed by atoms with Crippen molar-refractivity contribution in [1.29, 1.82) is 0 Å². The predicted octanol–water partition coefficient (Wildman–Crippen LogP) is 4.29. The van der Waals surface area contributed by atoms with Gasteiger partial charge in [-0.3, -0.25) is 24.1 Å². The van der Waals surface area contributed by atoms with Crippen LogP contribution in [0.3, 0.4) is 0 Å². The smallest absolute Gasteiger partial charge is 0.245 e. The highest BCUT2D eigenvalue weighted by atomic mass is 32.2. The molecule has 0 spiro atoms. The summed E-state index contributed by atoms with van der Waals surface area (Å²) >= 11 is 0. The summed E-state index contributed by atoms with van der Waals surface area (Å²) in [5, 5.41) is 6.14. The Balaban J connectivity index is 1.49. The molecule has 1 aliphatic heterocycles. The van der Waals surface area contributed by atoms with Gasteiger partial charge in [-0.15, -0.1) is 0 Å². The van der Waals surface area contributed by atoms with E-state index in [2.05, 4.69) is 15.4 Å². The number of ether oxygens (including phenoxy) is 2. The largest absolute Gasteiger partial charge is 0.379 e. The van der Waals surface area contributed by atoms with Crippen LogP contribution in [0, 0.1) is 23.7 Å². The monoisotopic (exact) mass is 926 g/mol. The molecule has 2 fully saturated rings. The van der Waals surface area contributed by atoms with E-state index in [9.17, 15) is 27.6 Å². The van der Waals surface area contributed by atoms with Gasteiger partial charge >= 0.3 is 0 Å². The number of benzene rings is 2. The fraction of sp³-hybridized carbons (Fsp3) is 0.673. The molecule has 2 aromatic carbocycles. The molecule has 1 aliphatic carbocycles. The zero-order valence-electron chi connectivity index (χ0n) is 41.0. The summed E-state index contributed by atoms with van der Waals surface area (Å²) in [5.74, 6) is -1.92. The lowest BCUT2D eigenvalue weighted by Crippen LogP contribution is -2.59. The highest BCUT2D eigenvalue weighted by molar-refractivity contribution is 7.89. The van der Waals surface area contributed by atoms with Gasteiger partial charge in [0, 0.05) is 45.9 Å². The van der Waals surface area contributed by atoms with Crippen molar-refractivity contribution in [3.63, 3.8) is 0 Å². The van der Waals surface area contributed by atoms with Crippen molar-refractivity contribution in [2.24, 2.45) is 29.4 Å². The highest BCUT2D eigenvalue weighted by Gasteiger charge is 2.44. The number of carbonyl (C=O) groups excluding carboxylic acids is 4. The van der Waals surface area contributed by atoms with Crippen molar-refractivity contribution in [1.82, 2.24) is 30.1 Å². The molecule has 4 rings (SSSR count). The number of hydrogen-bond acceptors (Lipinski definition) is 10. The van der Waals surface area contributed by atoms with Crippen molar-refractivity contribution < 1.29 is 37.1 Å². The Kier molecular flexibility index (Phi) is 19.6. The van der Waals surface area contributed by atoms with Gasteiger partial charge in [0.2, 0.25) is 33.7 Å². The van der Waals surface area contributed by atoms with Crippen molar-refractivity contribution in [3.05, 3.63) is 65.7 Å². The Labute approximate surface area is 389 Å². The first-order valence-electron chi connectivity index (χ1n) is 23.4. The molecule has 1 heterocycles. The molecule has 0 unspecified atom stereocenters. The number of nitrogens with two attached hydrogens (primary N) is 1. The molecule has 9 atom stereocenters. The zero-order valence-corrected chi connectivity index (χ0v) is 41.8. The number of likely N-dealkylation sites (N-methyl/N-ethyl adjacent to an activating group) is 2. The van der Waals surface area contributed by atoms with Crippen LogP contribution in [-0.4, -0.2) is 138 Å². The summed E-state index contributed by atoms with van der Waals surface area (Å²) in [5.41, 5.74) is 7.76. The summed E-state index contributed by atoms with van der Waals surface area (Å²) in [6, 6.07) is 13.5. The topological polar surface area (TPSA) is 193 Å². The second-order valence-corrected chi connectivity index (χ2v) is 21.2. The Morgan fingerprint density at radius 3 is 2.03 bits per heavy atom. The number of nitrogens with zero attached hydrogens (tertiary/aromatic N) is 3. The number of rotatable bonds is 25. The van der Waals surface area contributed by atoms with E-state index in [1.54, 1.807) is 55.1 Å². The number of likely N-dealkylation sites (tertiary alicyclic amines) is 1. The van der Waals surface area contributed by atoms with Crippen LogP contribution in [-0.2, 0) is 50.6 Å². The molecule has 2 aliphatic rings. The van der Waals surface area contributed by atoms with Crippen LogP contribution >= 0.6 is 0 Å². The van der Waals surface area contributed by atoms with Gasteiger partial charge in [0.05, 0.1) is 47.6 Å². The first-order valence-corrected chi connectivity index (χ1v) is 24.9. The van der Waals surface area contributed by atoms with Gasteiger partial charge in [-0.05, 0) is 87.2 Å². The van der Waals surface area contributed by atoms with E-state index in [1.165, 1.54) is 7.11 Å². The quantitative estimate of drug-likeness (QED) is 0.112. The maximum atomic E-state index is 14.4. The van der Waals surface area contributed by atoms with Gasteiger partial charge in [0.1, 0.15) is 6.04 Å². The van der Waals surface area contributed by atoms with E-state index in [4.69, 9.17) is 15.2 Å². The molecule has 1 saturated heterocycles. The fourth-order valence-electron chi connectivity index (χ4n) is 9.50. The van der Waals surface area contributed by atoms with Crippen molar-refractivity contribution >= 4 is 33.7 Å². The predicted molar refractivity (Wildman–Crippen MR) is 254 cm³/mol. The van der Waals surface area contributed by atoms with Crippen LogP contribution in [0.5, 0.6) is 0 Å².